The molecule has 1 aliphatic rings. The first kappa shape index (κ1) is 34.6. The third-order valence-corrected chi connectivity index (χ3v) is 6.53. The Morgan fingerprint density at radius 1 is 0.884 bits per heavy atom. The third-order valence-electron chi connectivity index (χ3n) is 6.02. The van der Waals surface area contributed by atoms with Crippen molar-refractivity contribution in [2.75, 3.05) is 13.2 Å². The van der Waals surface area contributed by atoms with E-state index in [0.717, 1.165) is 5.56 Å². The fraction of sp³-hybridized carbons (Fsp3) is 0.448. The number of halogens is 3. The number of rotatable bonds is 12. The highest BCUT2D eigenvalue weighted by atomic mass is 35.6. The first-order chi connectivity index (χ1) is 20.4. The van der Waals surface area contributed by atoms with Crippen LogP contribution in [-0.4, -0.2) is 71.5 Å². The highest BCUT2D eigenvalue weighted by Gasteiger charge is 2.53. The van der Waals surface area contributed by atoms with Gasteiger partial charge in [0.05, 0.1) is 13.2 Å². The van der Waals surface area contributed by atoms with E-state index in [1.165, 1.54) is 13.8 Å². The third kappa shape index (κ3) is 10.3. The number of alkyl halides is 3. The van der Waals surface area contributed by atoms with Crippen LogP contribution in [0.15, 0.2) is 60.7 Å². The van der Waals surface area contributed by atoms with E-state index in [4.69, 9.17) is 73.4 Å². The lowest BCUT2D eigenvalue weighted by Crippen LogP contribution is -2.63. The summed E-state index contributed by atoms with van der Waals surface area (Å²) in [5.74, 6) is -2.96. The Morgan fingerprint density at radius 2 is 1.51 bits per heavy atom. The van der Waals surface area contributed by atoms with Crippen molar-refractivity contribution < 1.29 is 47.5 Å². The molecule has 14 heteroatoms. The Bertz CT molecular complexity index is 1230. The van der Waals surface area contributed by atoms with Crippen LogP contribution in [-0.2, 0) is 54.1 Å². The average molecular weight is 661 g/mol. The molecule has 0 bridgehead atoms. The minimum absolute atomic E-state index is 0.0331. The molecule has 0 aromatic heterocycles. The van der Waals surface area contributed by atoms with Crippen molar-refractivity contribution in [1.82, 2.24) is 0 Å². The summed E-state index contributed by atoms with van der Waals surface area (Å²) in [6.07, 6.45) is -8.03. The zero-order valence-electron chi connectivity index (χ0n) is 23.6. The first-order valence-corrected chi connectivity index (χ1v) is 14.3. The number of carbonyl (C=O) groups is 3. The van der Waals surface area contributed by atoms with Crippen LogP contribution in [0.4, 0.5) is 0 Å². The molecule has 1 N–H and O–H groups in total. The fourth-order valence-electron chi connectivity index (χ4n) is 4.20. The van der Waals surface area contributed by atoms with Gasteiger partial charge in [0.15, 0.2) is 18.3 Å². The van der Waals surface area contributed by atoms with Crippen LogP contribution >= 0.6 is 34.8 Å². The molecule has 0 saturated carbocycles. The molecule has 2 aromatic rings. The Balaban J connectivity index is 2.09. The van der Waals surface area contributed by atoms with Crippen LogP contribution in [0.1, 0.15) is 38.0 Å². The van der Waals surface area contributed by atoms with Crippen LogP contribution in [0.25, 0.3) is 0 Å². The van der Waals surface area contributed by atoms with E-state index in [2.05, 4.69) is 0 Å². The van der Waals surface area contributed by atoms with Crippen LogP contribution in [0.3, 0.4) is 0 Å². The van der Waals surface area contributed by atoms with E-state index in [1.807, 2.05) is 30.3 Å². The van der Waals surface area contributed by atoms with E-state index >= 15 is 0 Å². The molecule has 0 amide bonds. The summed E-state index contributed by atoms with van der Waals surface area (Å²) in [6.45, 7) is 3.72. The molecule has 0 radical (unpaired) electrons. The van der Waals surface area contributed by atoms with Crippen LogP contribution in [0.5, 0.6) is 0 Å². The molecule has 2 aromatic carbocycles. The van der Waals surface area contributed by atoms with Crippen molar-refractivity contribution in [3.63, 3.8) is 0 Å². The van der Waals surface area contributed by atoms with Gasteiger partial charge >= 0.3 is 17.9 Å². The molecule has 11 nitrogen and oxygen atoms in total. The molecular weight excluding hydrogens is 629 g/mol. The standard InChI is InChI=1S/C29H32Cl3NO10/c1-4-37-26(36)22(20-13-9-6-10-14-20)42-25-24(40-18(3)35)23(39-15-19-11-7-5-8-12-19)21(16-38-17(2)34)41-27(25)43-28(33)29(30,31)32/h5-14,21-25,27,33H,4,15-16H2,1-3H3/t21-,22+,23+,24+,25-,27-/m1/s1. The number of ether oxygens (including phenoxy) is 7. The number of hydrogen-bond acceptors (Lipinski definition) is 11. The first-order valence-electron chi connectivity index (χ1n) is 13.2. The maximum absolute atomic E-state index is 13.1. The molecule has 1 saturated heterocycles. The van der Waals surface area contributed by atoms with Crippen molar-refractivity contribution in [3.05, 3.63) is 71.8 Å². The monoisotopic (exact) mass is 659 g/mol. The van der Waals surface area contributed by atoms with Crippen molar-refractivity contribution in [1.29, 1.82) is 5.41 Å². The normalized spacial score (nSPS) is 22.6. The smallest absolute Gasteiger partial charge is 0.339 e. The summed E-state index contributed by atoms with van der Waals surface area (Å²) < 4.78 is 38.0. The van der Waals surface area contributed by atoms with Gasteiger partial charge in [-0.2, -0.15) is 0 Å². The van der Waals surface area contributed by atoms with E-state index in [1.54, 1.807) is 37.3 Å². The van der Waals surface area contributed by atoms with Gasteiger partial charge in [-0.05, 0) is 18.1 Å². The molecule has 0 unspecified atom stereocenters. The second-order valence-corrected chi connectivity index (χ2v) is 11.6. The van der Waals surface area contributed by atoms with E-state index in [9.17, 15) is 14.4 Å². The second kappa shape index (κ2) is 16.2. The van der Waals surface area contributed by atoms with Gasteiger partial charge in [0.2, 0.25) is 12.2 Å². The van der Waals surface area contributed by atoms with E-state index < -0.39 is 64.4 Å². The van der Waals surface area contributed by atoms with Crippen molar-refractivity contribution >= 4 is 58.6 Å². The molecule has 0 aliphatic carbocycles. The lowest BCUT2D eigenvalue weighted by Gasteiger charge is -2.45. The summed E-state index contributed by atoms with van der Waals surface area (Å²) in [6, 6.07) is 17.5. The Morgan fingerprint density at radius 3 is 2.07 bits per heavy atom. The summed E-state index contributed by atoms with van der Waals surface area (Å²) >= 11 is 17.6. The Hall–Kier alpha value is -2.93. The minimum atomic E-state index is -2.31. The molecule has 1 fully saturated rings. The predicted octanol–water partition coefficient (Wildman–Crippen LogP) is 4.85. The highest BCUT2D eigenvalue weighted by molar-refractivity contribution is 6.76. The fourth-order valence-corrected chi connectivity index (χ4v) is 4.33. The summed E-state index contributed by atoms with van der Waals surface area (Å²) in [4.78, 5) is 37.3. The second-order valence-electron chi connectivity index (χ2n) is 9.27. The van der Waals surface area contributed by atoms with Gasteiger partial charge in [0.25, 0.3) is 3.79 Å². The minimum Gasteiger partial charge on any atom is -0.464 e. The average Bonchev–Trinajstić information content (AvgIpc) is 2.95. The Labute approximate surface area is 264 Å². The maximum Gasteiger partial charge on any atom is 0.339 e. The van der Waals surface area contributed by atoms with E-state index in [0.29, 0.717) is 5.56 Å². The highest BCUT2D eigenvalue weighted by Crippen LogP contribution is 2.36. The zero-order chi connectivity index (χ0) is 31.6. The lowest BCUT2D eigenvalue weighted by atomic mass is 9.97. The number of esters is 3. The molecule has 1 aliphatic heterocycles. The van der Waals surface area contributed by atoms with Gasteiger partial charge in [-0.15, -0.1) is 0 Å². The lowest BCUT2D eigenvalue weighted by molar-refractivity contribution is -0.309. The molecule has 3 rings (SSSR count). The topological polar surface area (TPSA) is 140 Å². The summed E-state index contributed by atoms with van der Waals surface area (Å²) in [7, 11) is 0. The summed E-state index contributed by atoms with van der Waals surface area (Å²) in [5, 5.41) is 8.18. The van der Waals surface area contributed by atoms with Gasteiger partial charge in [0.1, 0.15) is 18.8 Å². The SMILES string of the molecule is CCOC(=O)[C@@H](O[C@H]1[C@@H](OC(=N)C(Cl)(Cl)Cl)O[C@H](COC(C)=O)[C@H](OCc2ccccc2)[C@@H]1OC(C)=O)c1ccccc1. The van der Waals surface area contributed by atoms with Gasteiger partial charge in [-0.3, -0.25) is 15.0 Å². The maximum atomic E-state index is 13.1. The number of carbonyl (C=O) groups excluding carboxylic acids is 3. The predicted molar refractivity (Wildman–Crippen MR) is 156 cm³/mol. The van der Waals surface area contributed by atoms with Gasteiger partial charge in [-0.1, -0.05) is 95.5 Å². The molecule has 234 valence electrons. The van der Waals surface area contributed by atoms with Gasteiger partial charge in [0, 0.05) is 13.8 Å². The molecular formula is C29H32Cl3NO10. The quantitative estimate of drug-likeness (QED) is 0.111. The number of nitrogens with one attached hydrogen (secondary N) is 1. The van der Waals surface area contributed by atoms with Crippen molar-refractivity contribution in [3.8, 4) is 0 Å². The summed E-state index contributed by atoms with van der Waals surface area (Å²) in [5.41, 5.74) is 1.18. The van der Waals surface area contributed by atoms with Crippen molar-refractivity contribution in [2.24, 2.45) is 0 Å². The molecule has 1 heterocycles. The molecule has 0 spiro atoms. The van der Waals surface area contributed by atoms with Crippen molar-refractivity contribution in [2.45, 2.75) is 68.0 Å². The molecule has 6 atom stereocenters. The van der Waals surface area contributed by atoms with Crippen LogP contribution < -0.4 is 0 Å². The molecule has 43 heavy (non-hydrogen) atoms. The Kier molecular flexibility index (Phi) is 13.0. The number of benzene rings is 2. The van der Waals surface area contributed by atoms with Gasteiger partial charge in [-0.25, -0.2) is 4.79 Å². The number of hydrogen-bond donors (Lipinski definition) is 1. The largest absolute Gasteiger partial charge is 0.464 e. The zero-order valence-corrected chi connectivity index (χ0v) is 25.8. The van der Waals surface area contributed by atoms with E-state index in [-0.39, 0.29) is 19.8 Å². The van der Waals surface area contributed by atoms with Gasteiger partial charge < -0.3 is 33.2 Å². The van der Waals surface area contributed by atoms with Crippen LogP contribution in [0, 0.1) is 5.41 Å². The van der Waals surface area contributed by atoms with Crippen LogP contribution in [0.2, 0.25) is 0 Å².